The number of nitrogens with zero attached hydrogens (tertiary/aromatic N) is 1. The van der Waals surface area contributed by atoms with Gasteiger partial charge in [-0.25, -0.2) is 0 Å². The van der Waals surface area contributed by atoms with Gasteiger partial charge < -0.3 is 15.0 Å². The van der Waals surface area contributed by atoms with Crippen molar-refractivity contribution in [1.82, 2.24) is 9.88 Å². The maximum Gasteiger partial charge on any atom is 0.259 e. The summed E-state index contributed by atoms with van der Waals surface area (Å²) >= 11 is 0. The first-order valence-electron chi connectivity index (χ1n) is 6.74. The van der Waals surface area contributed by atoms with Crippen molar-refractivity contribution in [3.63, 3.8) is 0 Å². The number of carbonyl (C=O) groups is 1. The van der Waals surface area contributed by atoms with Crippen LogP contribution in [0.25, 0.3) is 10.9 Å². The van der Waals surface area contributed by atoms with Crippen molar-refractivity contribution in [2.45, 2.75) is 18.9 Å². The van der Waals surface area contributed by atoms with E-state index in [1.165, 1.54) is 6.20 Å². The molecule has 20 heavy (non-hydrogen) atoms. The van der Waals surface area contributed by atoms with Crippen molar-refractivity contribution in [3.8, 4) is 0 Å². The van der Waals surface area contributed by atoms with Gasteiger partial charge in [-0.2, -0.15) is 0 Å². The molecule has 0 aliphatic carbocycles. The van der Waals surface area contributed by atoms with Crippen LogP contribution in [0.5, 0.6) is 0 Å². The number of aliphatic hydroxyl groups is 1. The summed E-state index contributed by atoms with van der Waals surface area (Å²) < 4.78 is 0. The molecule has 0 unspecified atom stereocenters. The van der Waals surface area contributed by atoms with Gasteiger partial charge in [-0.3, -0.25) is 9.59 Å². The number of amides is 1. The van der Waals surface area contributed by atoms with E-state index in [1.807, 2.05) is 6.07 Å². The Hall–Kier alpha value is -2.14. The fourth-order valence-electron chi connectivity index (χ4n) is 2.64. The van der Waals surface area contributed by atoms with Crippen LogP contribution in [0.4, 0.5) is 0 Å². The predicted molar refractivity (Wildman–Crippen MR) is 75.7 cm³/mol. The Labute approximate surface area is 115 Å². The van der Waals surface area contributed by atoms with Crippen LogP contribution in [-0.4, -0.2) is 40.1 Å². The van der Waals surface area contributed by atoms with Crippen molar-refractivity contribution >= 4 is 16.8 Å². The Morgan fingerprint density at radius 3 is 2.95 bits per heavy atom. The molecule has 5 nitrogen and oxygen atoms in total. The van der Waals surface area contributed by atoms with E-state index in [1.54, 1.807) is 23.1 Å². The van der Waals surface area contributed by atoms with E-state index in [2.05, 4.69) is 4.98 Å². The number of benzene rings is 1. The number of aromatic nitrogens is 1. The summed E-state index contributed by atoms with van der Waals surface area (Å²) in [6, 6.07) is 7.11. The number of fused-ring (bicyclic) bond motifs is 1. The Morgan fingerprint density at radius 2 is 2.15 bits per heavy atom. The molecule has 2 heterocycles. The minimum atomic E-state index is -0.493. The van der Waals surface area contributed by atoms with Crippen LogP contribution in [0, 0.1) is 0 Å². The molecule has 3 rings (SSSR count). The van der Waals surface area contributed by atoms with Crippen LogP contribution in [-0.2, 0) is 0 Å². The average molecular weight is 272 g/mol. The monoisotopic (exact) mass is 272 g/mol. The second-order valence-corrected chi connectivity index (χ2v) is 5.12. The van der Waals surface area contributed by atoms with Crippen LogP contribution in [0.2, 0.25) is 0 Å². The number of hydrogen-bond donors (Lipinski definition) is 2. The normalized spacial score (nSPS) is 19.2. The van der Waals surface area contributed by atoms with Gasteiger partial charge >= 0.3 is 0 Å². The zero-order valence-corrected chi connectivity index (χ0v) is 11.0. The summed E-state index contributed by atoms with van der Waals surface area (Å²) in [6.45, 7) is 0.882. The zero-order chi connectivity index (χ0) is 14.1. The first-order valence-corrected chi connectivity index (χ1v) is 6.74. The largest absolute Gasteiger partial charge is 0.391 e. The third kappa shape index (κ3) is 2.20. The van der Waals surface area contributed by atoms with Crippen molar-refractivity contribution in [2.24, 2.45) is 0 Å². The van der Waals surface area contributed by atoms with Gasteiger partial charge in [0, 0.05) is 30.2 Å². The highest BCUT2D eigenvalue weighted by Gasteiger charge is 2.25. The van der Waals surface area contributed by atoms with Crippen LogP contribution in [0.3, 0.4) is 0 Å². The molecule has 1 aliphatic rings. The first kappa shape index (κ1) is 12.9. The number of nitrogens with one attached hydrogen (secondary N) is 1. The average Bonchev–Trinajstić information content (AvgIpc) is 2.47. The smallest absolute Gasteiger partial charge is 0.259 e. The number of para-hydroxylation sites is 1. The third-order valence-corrected chi connectivity index (χ3v) is 3.70. The Balaban J connectivity index is 1.99. The topological polar surface area (TPSA) is 73.4 Å². The molecule has 0 bridgehead atoms. The maximum atomic E-state index is 12.4. The summed E-state index contributed by atoms with van der Waals surface area (Å²) in [6.07, 6.45) is 2.44. The number of β-amino-alcohol motifs (C(OH)–C–C–N with tert-alkyl or cyclic N) is 1. The van der Waals surface area contributed by atoms with E-state index >= 15 is 0 Å². The highest BCUT2D eigenvalue weighted by atomic mass is 16.3. The van der Waals surface area contributed by atoms with E-state index in [9.17, 15) is 14.7 Å². The highest BCUT2D eigenvalue weighted by Crippen LogP contribution is 2.13. The van der Waals surface area contributed by atoms with Gasteiger partial charge in [-0.05, 0) is 25.0 Å². The number of hydrogen-bond acceptors (Lipinski definition) is 3. The molecular formula is C15H16N2O3. The molecule has 0 radical (unpaired) electrons. The van der Waals surface area contributed by atoms with Gasteiger partial charge in [0.1, 0.15) is 5.56 Å². The van der Waals surface area contributed by atoms with E-state index in [0.717, 1.165) is 6.42 Å². The lowest BCUT2D eigenvalue weighted by Crippen LogP contribution is -2.43. The second-order valence-electron chi connectivity index (χ2n) is 5.12. The van der Waals surface area contributed by atoms with E-state index in [-0.39, 0.29) is 16.9 Å². The van der Waals surface area contributed by atoms with Crippen molar-refractivity contribution in [2.75, 3.05) is 13.1 Å². The fraction of sp³-hybridized carbons (Fsp3) is 0.333. The van der Waals surface area contributed by atoms with Crippen molar-refractivity contribution < 1.29 is 9.90 Å². The molecule has 1 amide bonds. The number of aromatic amines is 1. The summed E-state index contributed by atoms with van der Waals surface area (Å²) in [7, 11) is 0. The number of piperidine rings is 1. The molecule has 1 aliphatic heterocycles. The van der Waals surface area contributed by atoms with Gasteiger partial charge in [0.05, 0.1) is 6.10 Å². The Morgan fingerprint density at radius 1 is 1.35 bits per heavy atom. The van der Waals surface area contributed by atoms with Gasteiger partial charge in [0.2, 0.25) is 5.43 Å². The molecule has 0 saturated carbocycles. The van der Waals surface area contributed by atoms with Crippen molar-refractivity contribution in [1.29, 1.82) is 0 Å². The number of carbonyl (C=O) groups excluding carboxylic acids is 1. The lowest BCUT2D eigenvalue weighted by atomic mass is 10.1. The summed E-state index contributed by atoms with van der Waals surface area (Å²) in [5.41, 5.74) is 0.593. The SMILES string of the molecule is O=C(c1c[nH]c2ccccc2c1=O)N1CCC[C@H](O)C1. The molecule has 5 heteroatoms. The predicted octanol–water partition coefficient (Wildman–Crippen LogP) is 1.12. The van der Waals surface area contributed by atoms with Gasteiger partial charge in [0.25, 0.3) is 5.91 Å². The molecule has 1 aromatic heterocycles. The zero-order valence-electron chi connectivity index (χ0n) is 11.0. The molecule has 2 aromatic rings. The molecule has 1 saturated heterocycles. The summed E-state index contributed by atoms with van der Waals surface area (Å²) in [5, 5.41) is 10.1. The van der Waals surface area contributed by atoms with E-state index < -0.39 is 6.10 Å². The van der Waals surface area contributed by atoms with Crippen LogP contribution >= 0.6 is 0 Å². The van der Waals surface area contributed by atoms with E-state index in [4.69, 9.17) is 0 Å². The summed E-state index contributed by atoms with van der Waals surface area (Å²) in [4.78, 5) is 29.3. The molecule has 1 fully saturated rings. The molecule has 1 atom stereocenters. The lowest BCUT2D eigenvalue weighted by Gasteiger charge is -2.29. The minimum absolute atomic E-state index is 0.137. The summed E-state index contributed by atoms with van der Waals surface area (Å²) in [5.74, 6) is -0.309. The first-order chi connectivity index (χ1) is 9.66. The Bertz CT molecular complexity index is 708. The lowest BCUT2D eigenvalue weighted by molar-refractivity contribution is 0.0472. The number of rotatable bonds is 1. The van der Waals surface area contributed by atoms with Gasteiger partial charge in [0.15, 0.2) is 0 Å². The third-order valence-electron chi connectivity index (χ3n) is 3.70. The van der Waals surface area contributed by atoms with Crippen LogP contribution < -0.4 is 5.43 Å². The van der Waals surface area contributed by atoms with E-state index in [0.29, 0.717) is 30.4 Å². The van der Waals surface area contributed by atoms with Crippen LogP contribution in [0.1, 0.15) is 23.2 Å². The van der Waals surface area contributed by atoms with Gasteiger partial charge in [-0.1, -0.05) is 12.1 Å². The molecule has 0 spiro atoms. The standard InChI is InChI=1S/C15H16N2O3/c18-10-4-3-7-17(9-10)15(20)12-8-16-13-6-2-1-5-11(13)14(12)19/h1-2,5-6,8,10,18H,3-4,7,9H2,(H,16,19)/t10-/m0/s1. The molecule has 104 valence electrons. The molecular weight excluding hydrogens is 256 g/mol. The highest BCUT2D eigenvalue weighted by molar-refractivity contribution is 5.97. The molecule has 1 aromatic carbocycles. The fourth-order valence-corrected chi connectivity index (χ4v) is 2.64. The maximum absolute atomic E-state index is 12.4. The number of likely N-dealkylation sites (tertiary alicyclic amines) is 1. The minimum Gasteiger partial charge on any atom is -0.391 e. The Kier molecular flexibility index (Phi) is 3.28. The molecule has 2 N–H and O–H groups in total. The quantitative estimate of drug-likeness (QED) is 0.817. The number of aliphatic hydroxyl groups excluding tert-OH is 1. The number of H-pyrrole nitrogens is 1. The van der Waals surface area contributed by atoms with Crippen LogP contribution in [0.15, 0.2) is 35.3 Å². The van der Waals surface area contributed by atoms with Gasteiger partial charge in [-0.15, -0.1) is 0 Å². The second kappa shape index (κ2) is 5.09. The number of pyridine rings is 1. The van der Waals surface area contributed by atoms with Crippen molar-refractivity contribution in [3.05, 3.63) is 46.2 Å².